The van der Waals surface area contributed by atoms with Crippen molar-refractivity contribution in [1.29, 1.82) is 0 Å². The number of hydrogen-bond donors (Lipinski definition) is 1. The van der Waals surface area contributed by atoms with Gasteiger partial charge in [0.15, 0.2) is 0 Å². The fraction of sp³-hybridized carbons (Fsp3) is 0.600. The van der Waals surface area contributed by atoms with Crippen LogP contribution in [0.2, 0.25) is 0 Å². The minimum absolute atomic E-state index is 0.326. The first kappa shape index (κ1) is 15.4. The Morgan fingerprint density at radius 3 is 2.57 bits per heavy atom. The molecule has 2 N–H and O–H groups in total. The molecule has 0 radical (unpaired) electrons. The van der Waals surface area contributed by atoms with Crippen LogP contribution in [0.15, 0.2) is 18.5 Å². The summed E-state index contributed by atoms with van der Waals surface area (Å²) in [6.07, 6.45) is 6.13. The maximum atomic E-state index is 12.3. The van der Waals surface area contributed by atoms with Crippen LogP contribution >= 0.6 is 0 Å². The molecule has 1 aromatic heterocycles. The molecule has 0 spiro atoms. The normalized spacial score (nSPS) is 15.7. The Balaban J connectivity index is 2.18. The smallest absolute Gasteiger partial charge is 0.397 e. The van der Waals surface area contributed by atoms with Crippen LogP contribution in [0.25, 0.3) is 0 Å². The lowest BCUT2D eigenvalue weighted by atomic mass is 10.1. The van der Waals surface area contributed by atoms with E-state index in [1.807, 2.05) is 20.8 Å². The second kappa shape index (κ2) is 6.20. The van der Waals surface area contributed by atoms with Gasteiger partial charge in [0, 0.05) is 19.3 Å². The standard InChI is InChI=1S/C15H24N4O2/c1-15(2,3)19(13-11-17-8-7-12(13)16)21-14(20)18-9-5-4-6-10-18/h7-8,11H,4-6,9-10H2,1-3H3,(H2,16,17). The van der Waals surface area contributed by atoms with Crippen LogP contribution in [0.4, 0.5) is 16.2 Å². The molecule has 1 amide bonds. The summed E-state index contributed by atoms with van der Waals surface area (Å²) in [4.78, 5) is 23.8. The average molecular weight is 292 g/mol. The number of nitrogens with zero attached hydrogens (tertiary/aromatic N) is 3. The second-order valence-corrected chi connectivity index (χ2v) is 6.30. The molecule has 116 valence electrons. The van der Waals surface area contributed by atoms with Gasteiger partial charge in [-0.2, -0.15) is 5.06 Å². The van der Waals surface area contributed by atoms with Gasteiger partial charge in [0.25, 0.3) is 0 Å². The highest BCUT2D eigenvalue weighted by atomic mass is 16.7. The van der Waals surface area contributed by atoms with Gasteiger partial charge in [-0.05, 0) is 46.1 Å². The molecule has 6 nitrogen and oxygen atoms in total. The number of carbonyl (C=O) groups excluding carboxylic acids is 1. The predicted octanol–water partition coefficient (Wildman–Crippen LogP) is 2.81. The van der Waals surface area contributed by atoms with E-state index in [4.69, 9.17) is 10.6 Å². The Morgan fingerprint density at radius 2 is 2.00 bits per heavy atom. The Labute approximate surface area is 125 Å². The number of rotatable bonds is 2. The van der Waals surface area contributed by atoms with E-state index in [2.05, 4.69) is 4.98 Å². The zero-order valence-electron chi connectivity index (χ0n) is 13.0. The van der Waals surface area contributed by atoms with Crippen molar-refractivity contribution >= 4 is 17.5 Å². The highest BCUT2D eigenvalue weighted by molar-refractivity contribution is 5.72. The molecule has 0 aliphatic carbocycles. The van der Waals surface area contributed by atoms with Gasteiger partial charge in [-0.3, -0.25) is 4.98 Å². The van der Waals surface area contributed by atoms with E-state index in [0.717, 1.165) is 25.9 Å². The number of aromatic nitrogens is 1. The van der Waals surface area contributed by atoms with Crippen molar-refractivity contribution in [3.05, 3.63) is 18.5 Å². The number of likely N-dealkylation sites (tertiary alicyclic amines) is 1. The Morgan fingerprint density at radius 1 is 1.33 bits per heavy atom. The Bertz CT molecular complexity index is 493. The van der Waals surface area contributed by atoms with Gasteiger partial charge < -0.3 is 15.5 Å². The van der Waals surface area contributed by atoms with Crippen LogP contribution in [0, 0.1) is 0 Å². The van der Waals surface area contributed by atoms with E-state index in [-0.39, 0.29) is 6.09 Å². The van der Waals surface area contributed by atoms with Gasteiger partial charge in [-0.1, -0.05) is 0 Å². The molecule has 21 heavy (non-hydrogen) atoms. The lowest BCUT2D eigenvalue weighted by molar-refractivity contribution is 0.0645. The third kappa shape index (κ3) is 3.77. The fourth-order valence-electron chi connectivity index (χ4n) is 2.33. The molecule has 0 atom stereocenters. The first-order valence-corrected chi connectivity index (χ1v) is 7.36. The minimum Gasteiger partial charge on any atom is -0.397 e. The van der Waals surface area contributed by atoms with E-state index in [1.54, 1.807) is 28.4 Å². The largest absolute Gasteiger partial charge is 0.434 e. The summed E-state index contributed by atoms with van der Waals surface area (Å²) < 4.78 is 0. The molecule has 6 heteroatoms. The first-order valence-electron chi connectivity index (χ1n) is 7.36. The molecule has 1 saturated heterocycles. The van der Waals surface area contributed by atoms with Crippen LogP contribution in [0.5, 0.6) is 0 Å². The lowest BCUT2D eigenvalue weighted by Gasteiger charge is -2.37. The predicted molar refractivity (Wildman–Crippen MR) is 82.8 cm³/mol. The van der Waals surface area contributed by atoms with Gasteiger partial charge in [-0.15, -0.1) is 0 Å². The number of hydroxylamine groups is 1. The molecule has 0 aromatic carbocycles. The van der Waals surface area contributed by atoms with Crippen molar-refractivity contribution in [3.8, 4) is 0 Å². The van der Waals surface area contributed by atoms with Gasteiger partial charge >= 0.3 is 6.09 Å². The monoisotopic (exact) mass is 292 g/mol. The van der Waals surface area contributed by atoms with Crippen molar-refractivity contribution in [3.63, 3.8) is 0 Å². The molecule has 1 fully saturated rings. The summed E-state index contributed by atoms with van der Waals surface area (Å²) in [6.45, 7) is 7.38. The van der Waals surface area contributed by atoms with Gasteiger partial charge in [0.05, 0.1) is 17.4 Å². The van der Waals surface area contributed by atoms with E-state index in [1.165, 1.54) is 6.42 Å². The number of piperidine rings is 1. The maximum Gasteiger partial charge on any atom is 0.434 e. The number of carbonyl (C=O) groups is 1. The van der Waals surface area contributed by atoms with Crippen molar-refractivity contribution in [1.82, 2.24) is 9.88 Å². The molecular weight excluding hydrogens is 268 g/mol. The number of pyridine rings is 1. The van der Waals surface area contributed by atoms with Crippen molar-refractivity contribution in [2.45, 2.75) is 45.6 Å². The molecule has 1 aliphatic rings. The zero-order valence-corrected chi connectivity index (χ0v) is 13.0. The van der Waals surface area contributed by atoms with E-state index in [9.17, 15) is 4.79 Å². The molecule has 0 unspecified atom stereocenters. The summed E-state index contributed by atoms with van der Waals surface area (Å²) in [7, 11) is 0. The summed E-state index contributed by atoms with van der Waals surface area (Å²) >= 11 is 0. The Hall–Kier alpha value is -1.98. The topological polar surface area (TPSA) is 71.7 Å². The molecule has 1 aromatic rings. The maximum absolute atomic E-state index is 12.3. The molecule has 0 bridgehead atoms. The number of amides is 1. The molecule has 2 heterocycles. The number of nitrogens with two attached hydrogens (primary N) is 1. The highest BCUT2D eigenvalue weighted by Gasteiger charge is 2.30. The number of hydrogen-bond acceptors (Lipinski definition) is 5. The fourth-order valence-corrected chi connectivity index (χ4v) is 2.33. The molecule has 1 aliphatic heterocycles. The van der Waals surface area contributed by atoms with Crippen molar-refractivity contribution in [2.24, 2.45) is 0 Å². The molecule has 0 saturated carbocycles. The first-order chi connectivity index (χ1) is 9.89. The van der Waals surface area contributed by atoms with Crippen molar-refractivity contribution in [2.75, 3.05) is 23.9 Å². The molecular formula is C15H24N4O2. The lowest BCUT2D eigenvalue weighted by Crippen LogP contribution is -2.47. The van der Waals surface area contributed by atoms with E-state index >= 15 is 0 Å². The number of anilines is 2. The van der Waals surface area contributed by atoms with Gasteiger partial charge in [0.1, 0.15) is 5.69 Å². The van der Waals surface area contributed by atoms with Crippen LogP contribution in [-0.4, -0.2) is 34.6 Å². The van der Waals surface area contributed by atoms with Crippen LogP contribution in [0.3, 0.4) is 0 Å². The zero-order chi connectivity index (χ0) is 15.5. The second-order valence-electron chi connectivity index (χ2n) is 6.30. The average Bonchev–Trinajstić information content (AvgIpc) is 2.45. The Kier molecular flexibility index (Phi) is 4.55. The molecule has 2 rings (SSSR count). The minimum atomic E-state index is -0.414. The summed E-state index contributed by atoms with van der Waals surface area (Å²) in [5.74, 6) is 0. The third-order valence-corrected chi connectivity index (χ3v) is 3.44. The van der Waals surface area contributed by atoms with Crippen LogP contribution in [-0.2, 0) is 4.84 Å². The van der Waals surface area contributed by atoms with Gasteiger partial charge in [0.2, 0.25) is 0 Å². The van der Waals surface area contributed by atoms with Crippen molar-refractivity contribution < 1.29 is 9.63 Å². The number of nitrogen functional groups attached to an aromatic ring is 1. The van der Waals surface area contributed by atoms with E-state index < -0.39 is 5.54 Å². The highest BCUT2D eigenvalue weighted by Crippen LogP contribution is 2.29. The van der Waals surface area contributed by atoms with Gasteiger partial charge in [-0.25, -0.2) is 4.79 Å². The quantitative estimate of drug-likeness (QED) is 0.849. The summed E-state index contributed by atoms with van der Waals surface area (Å²) in [5.41, 5.74) is 6.71. The van der Waals surface area contributed by atoms with E-state index in [0.29, 0.717) is 11.4 Å². The summed E-state index contributed by atoms with van der Waals surface area (Å²) in [5, 5.41) is 1.55. The van der Waals surface area contributed by atoms with Crippen LogP contribution in [0.1, 0.15) is 40.0 Å². The summed E-state index contributed by atoms with van der Waals surface area (Å²) in [6, 6.07) is 1.70. The van der Waals surface area contributed by atoms with Crippen LogP contribution < -0.4 is 10.8 Å². The SMILES string of the molecule is CC(C)(C)N(OC(=O)N1CCCCC1)c1cnccc1N. The third-order valence-electron chi connectivity index (χ3n) is 3.44.